The predicted molar refractivity (Wildman–Crippen MR) is 118 cm³/mol. The summed E-state index contributed by atoms with van der Waals surface area (Å²) in [5.74, 6) is -1.96. The molecule has 2 heterocycles. The van der Waals surface area contributed by atoms with Gasteiger partial charge in [0.1, 0.15) is 16.6 Å². The van der Waals surface area contributed by atoms with E-state index in [9.17, 15) is 18.4 Å². The maximum Gasteiger partial charge on any atom is 0.321 e. The number of aryl methyl sites for hydroxylation is 1. The molecule has 1 saturated heterocycles. The SMILES string of the molecule is Cc1ccc(NC(=O)c2nnc([C@@H]3CCCN(C(=O)Nc4ccc(F)cc4F)C3)s2)cc1. The summed E-state index contributed by atoms with van der Waals surface area (Å²) in [6.07, 6.45) is 1.53. The highest BCUT2D eigenvalue weighted by Crippen LogP contribution is 2.30. The number of aromatic nitrogens is 2. The van der Waals surface area contributed by atoms with Crippen molar-refractivity contribution in [2.75, 3.05) is 23.7 Å². The first-order valence-corrected chi connectivity index (χ1v) is 10.9. The fourth-order valence-electron chi connectivity index (χ4n) is 3.46. The van der Waals surface area contributed by atoms with Crippen LogP contribution in [0.2, 0.25) is 0 Å². The van der Waals surface area contributed by atoms with Crippen molar-refractivity contribution in [2.45, 2.75) is 25.7 Å². The standard InChI is InChI=1S/C22H21F2N5O2S/c1-13-4-7-16(8-5-13)25-19(30)21-28-27-20(32-21)14-3-2-10-29(12-14)22(31)26-18-9-6-15(23)11-17(18)24/h4-9,11,14H,2-3,10,12H2,1H3,(H,25,30)(H,26,31)/t14-/m1/s1. The van der Waals surface area contributed by atoms with Gasteiger partial charge in [0, 0.05) is 30.8 Å². The second kappa shape index (κ2) is 9.39. The van der Waals surface area contributed by atoms with Crippen LogP contribution in [0.15, 0.2) is 42.5 Å². The van der Waals surface area contributed by atoms with E-state index in [-0.39, 0.29) is 22.5 Å². The summed E-state index contributed by atoms with van der Waals surface area (Å²) >= 11 is 1.20. The fourth-order valence-corrected chi connectivity index (χ4v) is 4.33. The van der Waals surface area contributed by atoms with E-state index in [1.165, 1.54) is 17.4 Å². The minimum atomic E-state index is -0.833. The summed E-state index contributed by atoms with van der Waals surface area (Å²) in [6, 6.07) is 9.96. The molecule has 10 heteroatoms. The maximum absolute atomic E-state index is 13.8. The van der Waals surface area contributed by atoms with Crippen LogP contribution in [0.4, 0.5) is 25.0 Å². The van der Waals surface area contributed by atoms with Gasteiger partial charge in [-0.15, -0.1) is 10.2 Å². The lowest BCUT2D eigenvalue weighted by Gasteiger charge is -2.31. The highest BCUT2D eigenvalue weighted by molar-refractivity contribution is 7.13. The van der Waals surface area contributed by atoms with Gasteiger partial charge < -0.3 is 15.5 Å². The molecule has 32 heavy (non-hydrogen) atoms. The quantitative estimate of drug-likeness (QED) is 0.590. The van der Waals surface area contributed by atoms with E-state index < -0.39 is 17.7 Å². The number of nitrogens with zero attached hydrogens (tertiary/aromatic N) is 3. The van der Waals surface area contributed by atoms with Gasteiger partial charge >= 0.3 is 6.03 Å². The van der Waals surface area contributed by atoms with Crippen LogP contribution < -0.4 is 10.6 Å². The van der Waals surface area contributed by atoms with Gasteiger partial charge in [0.15, 0.2) is 0 Å². The topological polar surface area (TPSA) is 87.2 Å². The molecule has 3 amide bonds. The lowest BCUT2D eigenvalue weighted by Crippen LogP contribution is -2.41. The third-order valence-electron chi connectivity index (χ3n) is 5.17. The van der Waals surface area contributed by atoms with Crippen LogP contribution in [0.1, 0.15) is 39.1 Å². The third-order valence-corrected chi connectivity index (χ3v) is 6.26. The molecule has 0 radical (unpaired) electrons. The summed E-state index contributed by atoms with van der Waals surface area (Å²) in [5, 5.41) is 14.4. The van der Waals surface area contributed by atoms with Crippen molar-refractivity contribution in [2.24, 2.45) is 0 Å². The van der Waals surface area contributed by atoms with E-state index >= 15 is 0 Å². The molecule has 4 rings (SSSR count). The van der Waals surface area contributed by atoms with Crippen LogP contribution >= 0.6 is 11.3 Å². The Bertz CT molecular complexity index is 1140. The van der Waals surface area contributed by atoms with Crippen molar-refractivity contribution in [3.63, 3.8) is 0 Å². The molecule has 0 saturated carbocycles. The fraction of sp³-hybridized carbons (Fsp3) is 0.273. The number of piperidine rings is 1. The Labute approximate surface area is 187 Å². The second-order valence-electron chi connectivity index (χ2n) is 7.61. The molecule has 0 unspecified atom stereocenters. The highest BCUT2D eigenvalue weighted by atomic mass is 32.1. The minimum absolute atomic E-state index is 0.0778. The molecule has 2 aromatic carbocycles. The number of hydrogen-bond acceptors (Lipinski definition) is 5. The summed E-state index contributed by atoms with van der Waals surface area (Å²) in [4.78, 5) is 26.6. The molecule has 3 aromatic rings. The molecule has 1 aromatic heterocycles. The van der Waals surface area contributed by atoms with E-state index in [1.54, 1.807) is 4.90 Å². The molecule has 1 aliphatic rings. The molecule has 2 N–H and O–H groups in total. The van der Waals surface area contributed by atoms with E-state index in [4.69, 9.17) is 0 Å². The van der Waals surface area contributed by atoms with Crippen LogP contribution in [0.5, 0.6) is 0 Å². The number of likely N-dealkylation sites (tertiary alicyclic amines) is 1. The summed E-state index contributed by atoms with van der Waals surface area (Å²) in [5.41, 5.74) is 1.68. The Hall–Kier alpha value is -3.40. The van der Waals surface area contributed by atoms with Gasteiger partial charge in [0.05, 0.1) is 5.69 Å². The van der Waals surface area contributed by atoms with Crippen LogP contribution in [0.3, 0.4) is 0 Å². The molecular weight excluding hydrogens is 436 g/mol. The number of amides is 3. The van der Waals surface area contributed by atoms with Gasteiger partial charge in [-0.1, -0.05) is 29.0 Å². The Morgan fingerprint density at radius 1 is 1.09 bits per heavy atom. The Morgan fingerprint density at radius 3 is 2.62 bits per heavy atom. The molecule has 1 aliphatic heterocycles. The first-order valence-electron chi connectivity index (χ1n) is 10.1. The monoisotopic (exact) mass is 457 g/mol. The van der Waals surface area contributed by atoms with Crippen molar-refractivity contribution in [3.05, 3.63) is 69.7 Å². The molecule has 0 spiro atoms. The largest absolute Gasteiger partial charge is 0.324 e. The van der Waals surface area contributed by atoms with E-state index in [2.05, 4.69) is 20.8 Å². The predicted octanol–water partition coefficient (Wildman–Crippen LogP) is 4.79. The Kier molecular flexibility index (Phi) is 6.40. The number of benzene rings is 2. The number of carbonyl (C=O) groups excluding carboxylic acids is 2. The Balaban J connectivity index is 1.39. The zero-order valence-electron chi connectivity index (χ0n) is 17.3. The number of hydrogen-bond donors (Lipinski definition) is 2. The van der Waals surface area contributed by atoms with Gasteiger partial charge in [-0.3, -0.25) is 4.79 Å². The average molecular weight is 458 g/mol. The normalized spacial score (nSPS) is 16.0. The number of rotatable bonds is 4. The summed E-state index contributed by atoms with van der Waals surface area (Å²) in [7, 11) is 0. The number of halogens is 2. The van der Waals surface area contributed by atoms with Gasteiger partial charge in [0.25, 0.3) is 5.91 Å². The summed E-state index contributed by atoms with van der Waals surface area (Å²) in [6.45, 7) is 2.83. The van der Waals surface area contributed by atoms with Gasteiger partial charge in [-0.25, -0.2) is 13.6 Å². The van der Waals surface area contributed by atoms with Crippen molar-refractivity contribution < 1.29 is 18.4 Å². The lowest BCUT2D eigenvalue weighted by atomic mass is 9.99. The molecular formula is C22H21F2N5O2S. The van der Waals surface area contributed by atoms with E-state index in [0.717, 1.165) is 30.5 Å². The molecule has 0 aliphatic carbocycles. The maximum atomic E-state index is 13.8. The van der Waals surface area contributed by atoms with Crippen molar-refractivity contribution in [1.82, 2.24) is 15.1 Å². The lowest BCUT2D eigenvalue weighted by molar-refractivity contribution is 0.102. The number of carbonyl (C=O) groups is 2. The smallest absolute Gasteiger partial charge is 0.321 e. The number of nitrogens with one attached hydrogen (secondary N) is 2. The van der Waals surface area contributed by atoms with Crippen LogP contribution in [-0.2, 0) is 0 Å². The Morgan fingerprint density at radius 2 is 1.88 bits per heavy atom. The van der Waals surface area contributed by atoms with Gasteiger partial charge in [-0.05, 0) is 44.0 Å². The van der Waals surface area contributed by atoms with Crippen LogP contribution in [0.25, 0.3) is 0 Å². The highest BCUT2D eigenvalue weighted by Gasteiger charge is 2.28. The molecule has 0 bridgehead atoms. The van der Waals surface area contributed by atoms with Crippen LogP contribution in [-0.4, -0.2) is 40.1 Å². The minimum Gasteiger partial charge on any atom is -0.324 e. The first kappa shape index (κ1) is 21.8. The van der Waals surface area contributed by atoms with E-state index in [0.29, 0.717) is 23.8 Å². The van der Waals surface area contributed by atoms with Crippen molar-refractivity contribution >= 4 is 34.6 Å². The molecule has 7 nitrogen and oxygen atoms in total. The van der Waals surface area contributed by atoms with Gasteiger partial charge in [0.2, 0.25) is 5.01 Å². The molecule has 166 valence electrons. The van der Waals surface area contributed by atoms with Gasteiger partial charge in [-0.2, -0.15) is 0 Å². The molecule has 1 fully saturated rings. The zero-order chi connectivity index (χ0) is 22.7. The molecule has 1 atom stereocenters. The van der Waals surface area contributed by atoms with Crippen molar-refractivity contribution in [3.8, 4) is 0 Å². The van der Waals surface area contributed by atoms with Crippen LogP contribution in [0, 0.1) is 18.6 Å². The zero-order valence-corrected chi connectivity index (χ0v) is 18.1. The number of urea groups is 1. The summed E-state index contributed by atoms with van der Waals surface area (Å²) < 4.78 is 26.9. The van der Waals surface area contributed by atoms with Crippen molar-refractivity contribution in [1.29, 1.82) is 0 Å². The second-order valence-corrected chi connectivity index (χ2v) is 8.61. The number of anilines is 2. The van der Waals surface area contributed by atoms with E-state index in [1.807, 2.05) is 31.2 Å². The average Bonchev–Trinajstić information content (AvgIpc) is 3.28. The first-order chi connectivity index (χ1) is 15.4. The third kappa shape index (κ3) is 5.08.